The van der Waals surface area contributed by atoms with Crippen molar-refractivity contribution in [1.82, 2.24) is 9.80 Å². The number of carbonyl (C=O) groups excluding carboxylic acids is 2. The van der Waals surface area contributed by atoms with Gasteiger partial charge in [0.1, 0.15) is 0 Å². The van der Waals surface area contributed by atoms with E-state index in [4.69, 9.17) is 76.5 Å². The third kappa shape index (κ3) is 16.4. The van der Waals surface area contributed by atoms with Crippen LogP contribution in [0.4, 0.5) is 0 Å². The fourth-order valence-corrected chi connectivity index (χ4v) is 63.1. The second-order valence-electron chi connectivity index (χ2n) is 18.2. The van der Waals surface area contributed by atoms with Gasteiger partial charge in [0.25, 0.3) is 0 Å². The Kier molecular flexibility index (Phi) is 23.8. The van der Waals surface area contributed by atoms with Gasteiger partial charge in [-0.25, -0.2) is 0 Å². The molecule has 0 aromatic heterocycles. The molecule has 0 saturated carbocycles. The number of rotatable bonds is 24. The van der Waals surface area contributed by atoms with Crippen molar-refractivity contribution in [2.45, 2.75) is 119 Å². The van der Waals surface area contributed by atoms with E-state index in [1.165, 1.54) is 0 Å². The van der Waals surface area contributed by atoms with Gasteiger partial charge in [-0.05, 0) is 0 Å². The number of benzene rings is 2. The molecule has 6 aliphatic heterocycles. The summed E-state index contributed by atoms with van der Waals surface area (Å²) in [6.07, 6.45) is 6.69. The van der Waals surface area contributed by atoms with Crippen LogP contribution in [0.3, 0.4) is 0 Å². The van der Waals surface area contributed by atoms with Gasteiger partial charge >= 0.3 is 441 Å². The van der Waals surface area contributed by atoms with E-state index >= 15 is 9.59 Å². The van der Waals surface area contributed by atoms with Crippen LogP contribution in [-0.4, -0.2) is 168 Å². The molecule has 21 heteroatoms. The molecule has 6 aliphatic rings. The molecule has 8 rings (SSSR count). The van der Waals surface area contributed by atoms with E-state index in [2.05, 4.69) is 37.5 Å². The van der Waals surface area contributed by atoms with E-state index < -0.39 is 90.7 Å². The van der Waals surface area contributed by atoms with Crippen LogP contribution in [0.2, 0.25) is 48.3 Å². The van der Waals surface area contributed by atoms with E-state index in [0.717, 1.165) is 90.6 Å². The van der Waals surface area contributed by atoms with Crippen LogP contribution >= 0.6 is 46.4 Å². The van der Waals surface area contributed by atoms with Gasteiger partial charge in [-0.1, -0.05) is 0 Å². The van der Waals surface area contributed by atoms with Gasteiger partial charge in [-0.3, -0.25) is 0 Å². The van der Waals surface area contributed by atoms with Crippen molar-refractivity contribution in [3.05, 3.63) is 67.6 Å². The molecule has 0 aliphatic carbocycles. The topological polar surface area (TPSA) is 124 Å². The average molecular weight is 1350 g/mol. The van der Waals surface area contributed by atoms with Crippen molar-refractivity contribution in [2.24, 2.45) is 0 Å². The van der Waals surface area contributed by atoms with E-state index in [0.29, 0.717) is 88.6 Å². The van der Waals surface area contributed by atoms with Gasteiger partial charge in [-0.2, -0.15) is 0 Å². The Labute approximate surface area is 436 Å². The van der Waals surface area contributed by atoms with Crippen molar-refractivity contribution in [3.63, 3.8) is 0 Å². The molecular formula is C46H72Cl4Ge2N2O11Sn2. The van der Waals surface area contributed by atoms with Crippen LogP contribution in [0.5, 0.6) is 0 Å². The summed E-state index contributed by atoms with van der Waals surface area (Å²) >= 11 is 9.36. The standard InChI is InChI=1S/2C15H19Cl2GeNO5.4C4H9.O.2Sn/c2*16-11-1-2-12(14(17)9-11)13(15(20)21)10-18-22-6-3-19(4-7-23-18)5-8-24-18;4*1-3-4-2;;;/h2*1-2,9,13H,3-8,10H2,(H,20,21);4*1,3-4H2,2H3;;;/q;;;;;;;2*+1/p-2. The van der Waals surface area contributed by atoms with Crippen molar-refractivity contribution >= 4 is 125 Å². The Bertz CT molecular complexity index is 1720. The summed E-state index contributed by atoms with van der Waals surface area (Å²) in [4.78, 5) is 35.6. The molecule has 0 amide bonds. The van der Waals surface area contributed by atoms with Crippen LogP contribution in [-0.2, 0) is 39.7 Å². The minimum absolute atomic E-state index is 0.194. The molecular weight excluding hydrogens is 1280 g/mol. The summed E-state index contributed by atoms with van der Waals surface area (Å²) in [6.45, 7) is 15.8. The molecule has 2 unspecified atom stereocenters. The maximum atomic E-state index is 15.5. The summed E-state index contributed by atoms with van der Waals surface area (Å²) in [5, 5.41) is 2.01. The predicted molar refractivity (Wildman–Crippen MR) is 272 cm³/mol. The number of carbonyl (C=O) groups is 2. The van der Waals surface area contributed by atoms with E-state index in [1.54, 1.807) is 36.4 Å². The number of halogens is 4. The quantitative estimate of drug-likeness (QED) is 0.0928. The molecule has 6 saturated heterocycles. The van der Waals surface area contributed by atoms with Crippen LogP contribution < -0.4 is 0 Å². The third-order valence-corrected chi connectivity index (χ3v) is 58.5. The summed E-state index contributed by atoms with van der Waals surface area (Å²) in [7, 11) is 0. The zero-order valence-corrected chi connectivity index (χ0v) is 52.8. The van der Waals surface area contributed by atoms with Crippen molar-refractivity contribution in [1.29, 1.82) is 0 Å². The zero-order chi connectivity index (χ0) is 47.9. The van der Waals surface area contributed by atoms with E-state index in [1.807, 2.05) is 0 Å². The van der Waals surface area contributed by atoms with Gasteiger partial charge in [0, 0.05) is 0 Å². The zero-order valence-electron chi connectivity index (χ0n) is 39.9. The fourth-order valence-electron chi connectivity index (χ4n) is 9.30. The molecule has 376 valence electrons. The number of hydrogen-bond donors (Lipinski definition) is 0. The Morgan fingerprint density at radius 2 is 0.836 bits per heavy atom. The first-order valence-electron chi connectivity index (χ1n) is 24.6. The first-order valence-corrected chi connectivity index (χ1v) is 47.0. The van der Waals surface area contributed by atoms with Gasteiger partial charge < -0.3 is 0 Å². The van der Waals surface area contributed by atoms with Crippen molar-refractivity contribution in [2.75, 3.05) is 78.9 Å². The summed E-state index contributed by atoms with van der Waals surface area (Å²) < 4.78 is 64.3. The number of unbranched alkanes of at least 4 members (excludes halogenated alkanes) is 4. The van der Waals surface area contributed by atoms with Crippen molar-refractivity contribution < 1.29 is 39.7 Å². The molecule has 2 aromatic carbocycles. The first kappa shape index (κ1) is 57.1. The van der Waals surface area contributed by atoms with Crippen molar-refractivity contribution in [3.8, 4) is 0 Å². The van der Waals surface area contributed by atoms with E-state index in [-0.39, 0.29) is 10.5 Å². The second kappa shape index (κ2) is 28.0. The van der Waals surface area contributed by atoms with Gasteiger partial charge in [0.2, 0.25) is 0 Å². The number of hydrogen-bond acceptors (Lipinski definition) is 13. The second-order valence-corrected chi connectivity index (χ2v) is 52.7. The predicted octanol–water partition coefficient (Wildman–Crippen LogP) is 11.0. The van der Waals surface area contributed by atoms with E-state index in [9.17, 15) is 0 Å². The monoisotopic (exact) mass is 1360 g/mol. The first-order chi connectivity index (χ1) is 32.3. The molecule has 2 aromatic rings. The summed E-state index contributed by atoms with van der Waals surface area (Å²) in [5.41, 5.74) is 1.16. The molecule has 4 bridgehead atoms. The Hall–Kier alpha value is 0.863. The molecule has 13 nitrogen and oxygen atoms in total. The molecule has 6 fully saturated rings. The minimum atomic E-state index is -4.68. The van der Waals surface area contributed by atoms with Gasteiger partial charge in [0.15, 0.2) is 0 Å². The molecule has 2 atom stereocenters. The molecule has 0 N–H and O–H groups in total. The molecule has 6 heterocycles. The maximum absolute atomic E-state index is 15.5. The van der Waals surface area contributed by atoms with Gasteiger partial charge in [-0.15, -0.1) is 0 Å². The van der Waals surface area contributed by atoms with Crippen LogP contribution in [0, 0.1) is 0 Å². The number of nitrogens with zero attached hydrogens (tertiary/aromatic N) is 2. The fraction of sp³-hybridized carbons (Fsp3) is 0.696. The summed E-state index contributed by atoms with van der Waals surface area (Å²) in [6, 6.07) is 10.4. The van der Waals surface area contributed by atoms with Crippen LogP contribution in [0.15, 0.2) is 36.4 Å². The molecule has 0 radical (unpaired) electrons. The SMILES string of the molecule is CCC[CH2][Sn]([CH2]CCC)([O]C(=O)C([CH2][Ge]12[O]CCN(CC[O]1)CC[O]2)c1ccc(Cl)cc1Cl)[O][Sn]([CH2]CCC)([CH2]CCC)[O]C(=O)C([CH2][Ge]12[O]CCN(CC[O]1)CC[O]2)c1ccc(Cl)cc1Cl. The Balaban J connectivity index is 1.42. The molecule has 0 spiro atoms. The molecule has 67 heavy (non-hydrogen) atoms. The summed E-state index contributed by atoms with van der Waals surface area (Å²) in [5.74, 6) is -2.60. The van der Waals surface area contributed by atoms with Crippen LogP contribution in [0.1, 0.15) is 102 Å². The third-order valence-electron chi connectivity index (χ3n) is 13.1. The van der Waals surface area contributed by atoms with Gasteiger partial charge in [0.05, 0.1) is 0 Å². The van der Waals surface area contributed by atoms with Crippen LogP contribution in [0.25, 0.3) is 0 Å². The number of fused-ring (bicyclic) bond motifs is 12. The Morgan fingerprint density at radius 1 is 0.537 bits per heavy atom. The Morgan fingerprint density at radius 3 is 1.10 bits per heavy atom. The average Bonchev–Trinajstić information content (AvgIpc) is 3.25. The normalized spacial score (nSPS) is 24.7.